The van der Waals surface area contributed by atoms with E-state index in [1.54, 1.807) is 0 Å². The Morgan fingerprint density at radius 3 is 1.55 bits per heavy atom. The predicted molar refractivity (Wildman–Crippen MR) is 229 cm³/mol. The fourth-order valence-electron chi connectivity index (χ4n) is 5.17. The number of esters is 2. The topological polar surface area (TPSA) is 134 Å². The molecule has 0 aromatic rings. The molecular formula is C45H76NO8P. The number of phosphoric acid groups is 1. The van der Waals surface area contributed by atoms with Gasteiger partial charge < -0.3 is 20.1 Å². The van der Waals surface area contributed by atoms with E-state index < -0.39 is 32.5 Å². The van der Waals surface area contributed by atoms with E-state index in [-0.39, 0.29) is 32.6 Å². The van der Waals surface area contributed by atoms with Gasteiger partial charge in [0, 0.05) is 19.4 Å². The summed E-state index contributed by atoms with van der Waals surface area (Å²) in [4.78, 5) is 34.8. The van der Waals surface area contributed by atoms with Gasteiger partial charge in [-0.1, -0.05) is 144 Å². The summed E-state index contributed by atoms with van der Waals surface area (Å²) in [6.07, 6.45) is 50.4. The second-order valence-electron chi connectivity index (χ2n) is 13.5. The molecule has 0 aliphatic rings. The minimum atomic E-state index is -4.40. The van der Waals surface area contributed by atoms with Crippen molar-refractivity contribution in [3.8, 4) is 0 Å². The molecular weight excluding hydrogens is 713 g/mol. The molecule has 0 spiro atoms. The van der Waals surface area contributed by atoms with Crippen LogP contribution >= 0.6 is 7.82 Å². The summed E-state index contributed by atoms with van der Waals surface area (Å²) < 4.78 is 32.7. The zero-order valence-corrected chi connectivity index (χ0v) is 35.3. The van der Waals surface area contributed by atoms with Crippen molar-refractivity contribution in [2.45, 2.75) is 161 Å². The standard InChI is InChI=1S/C45H76NO8P/c1-3-5-7-9-11-13-15-17-19-21-23-25-27-29-31-33-35-37-44(47)51-41-43(42-53-55(49,50)52-40-39-46)54-45(48)38-36-34-32-30-28-26-24-22-20-18-16-14-12-10-8-6-4-2/h6,8,11-14,17-20,24,26,30,32,43H,3-5,7,9-10,15-16,21-23,25,27-29,31,33-42,46H2,1-2H3,(H,49,50)/b8-6-,13-11-,14-12-,19-17-,20-18-,26-24-,32-30-/t43-/m1/s1. The molecule has 0 rings (SSSR count). The molecule has 2 atom stereocenters. The maximum atomic E-state index is 12.5. The molecule has 9 nitrogen and oxygen atoms in total. The quantitative estimate of drug-likeness (QED) is 0.0271. The molecule has 0 radical (unpaired) electrons. The molecule has 314 valence electrons. The number of allylic oxidation sites excluding steroid dienone is 14. The normalized spacial score (nSPS) is 14.2. The first-order valence-corrected chi connectivity index (χ1v) is 22.6. The number of phosphoric ester groups is 1. The van der Waals surface area contributed by atoms with Crippen molar-refractivity contribution in [2.75, 3.05) is 26.4 Å². The highest BCUT2D eigenvalue weighted by molar-refractivity contribution is 7.47. The molecule has 0 saturated carbocycles. The van der Waals surface area contributed by atoms with Crippen molar-refractivity contribution in [1.82, 2.24) is 0 Å². The van der Waals surface area contributed by atoms with Crippen LogP contribution in [0.5, 0.6) is 0 Å². The Labute approximate surface area is 334 Å². The first-order valence-electron chi connectivity index (χ1n) is 21.1. The Morgan fingerprint density at radius 2 is 1.02 bits per heavy atom. The van der Waals surface area contributed by atoms with Gasteiger partial charge in [-0.15, -0.1) is 0 Å². The average molecular weight is 790 g/mol. The number of hydrogen-bond acceptors (Lipinski definition) is 8. The van der Waals surface area contributed by atoms with Gasteiger partial charge in [0.2, 0.25) is 0 Å². The van der Waals surface area contributed by atoms with Crippen molar-refractivity contribution in [3.63, 3.8) is 0 Å². The molecule has 0 heterocycles. The van der Waals surface area contributed by atoms with Gasteiger partial charge >= 0.3 is 19.8 Å². The van der Waals surface area contributed by atoms with Crippen LogP contribution in [0.1, 0.15) is 155 Å². The smallest absolute Gasteiger partial charge is 0.462 e. The molecule has 55 heavy (non-hydrogen) atoms. The van der Waals surface area contributed by atoms with Crippen LogP contribution in [0.25, 0.3) is 0 Å². The largest absolute Gasteiger partial charge is 0.472 e. The molecule has 0 aromatic heterocycles. The first kappa shape index (κ1) is 52.2. The lowest BCUT2D eigenvalue weighted by Crippen LogP contribution is -2.29. The highest BCUT2D eigenvalue weighted by atomic mass is 31.2. The lowest BCUT2D eigenvalue weighted by atomic mass is 10.1. The molecule has 10 heteroatoms. The Bertz CT molecular complexity index is 1170. The lowest BCUT2D eigenvalue weighted by Gasteiger charge is -2.19. The number of ether oxygens (including phenoxy) is 2. The number of rotatable bonds is 38. The Kier molecular flexibility index (Phi) is 38.8. The van der Waals surface area contributed by atoms with Crippen LogP contribution in [-0.4, -0.2) is 49.3 Å². The van der Waals surface area contributed by atoms with E-state index >= 15 is 0 Å². The van der Waals surface area contributed by atoms with Crippen LogP contribution in [0, 0.1) is 0 Å². The van der Waals surface area contributed by atoms with E-state index in [4.69, 9.17) is 24.3 Å². The van der Waals surface area contributed by atoms with Gasteiger partial charge in [-0.3, -0.25) is 18.6 Å². The van der Waals surface area contributed by atoms with Gasteiger partial charge in [-0.2, -0.15) is 0 Å². The monoisotopic (exact) mass is 790 g/mol. The van der Waals surface area contributed by atoms with Gasteiger partial charge in [-0.25, -0.2) is 4.57 Å². The van der Waals surface area contributed by atoms with Crippen molar-refractivity contribution in [2.24, 2.45) is 5.73 Å². The van der Waals surface area contributed by atoms with Crippen LogP contribution in [0.15, 0.2) is 85.1 Å². The van der Waals surface area contributed by atoms with E-state index in [0.717, 1.165) is 64.2 Å². The summed E-state index contributed by atoms with van der Waals surface area (Å²) >= 11 is 0. The Balaban J connectivity index is 4.30. The lowest BCUT2D eigenvalue weighted by molar-refractivity contribution is -0.161. The molecule has 0 aliphatic heterocycles. The van der Waals surface area contributed by atoms with Gasteiger partial charge in [0.25, 0.3) is 0 Å². The number of nitrogens with two attached hydrogens (primary N) is 1. The Morgan fingerprint density at radius 1 is 0.564 bits per heavy atom. The number of hydrogen-bond donors (Lipinski definition) is 2. The number of carbonyl (C=O) groups excluding carboxylic acids is 2. The molecule has 3 N–H and O–H groups in total. The van der Waals surface area contributed by atoms with Crippen molar-refractivity contribution < 1.29 is 37.6 Å². The predicted octanol–water partition coefficient (Wildman–Crippen LogP) is 12.0. The first-order chi connectivity index (χ1) is 26.8. The van der Waals surface area contributed by atoms with Crippen LogP contribution in [0.4, 0.5) is 0 Å². The Hall–Kier alpha value is -2.81. The highest BCUT2D eigenvalue weighted by Gasteiger charge is 2.25. The summed E-state index contributed by atoms with van der Waals surface area (Å²) in [6.45, 7) is 3.49. The molecule has 0 aromatic carbocycles. The SMILES string of the molecule is CC/C=C\C/C=C\C/C=C\C/C=C\C/C=C\CCCC(=O)O[C@H](COC(=O)CCCCCCCCC/C=C\C/C=C\CCCCC)COP(=O)(O)OCCN. The second-order valence-corrected chi connectivity index (χ2v) is 14.9. The summed E-state index contributed by atoms with van der Waals surface area (Å²) in [6, 6.07) is 0. The van der Waals surface area contributed by atoms with Crippen molar-refractivity contribution >= 4 is 19.8 Å². The molecule has 0 amide bonds. The minimum Gasteiger partial charge on any atom is -0.462 e. The minimum absolute atomic E-state index is 0.0387. The van der Waals surface area contributed by atoms with E-state index in [0.29, 0.717) is 19.3 Å². The number of carbonyl (C=O) groups is 2. The third-order valence-electron chi connectivity index (χ3n) is 8.27. The number of unbranched alkanes of at least 4 members (excludes halogenated alkanes) is 11. The third kappa shape index (κ3) is 40.7. The summed E-state index contributed by atoms with van der Waals surface area (Å²) in [7, 11) is -4.40. The van der Waals surface area contributed by atoms with E-state index in [1.807, 2.05) is 6.08 Å². The van der Waals surface area contributed by atoms with Gasteiger partial charge in [-0.05, 0) is 83.5 Å². The highest BCUT2D eigenvalue weighted by Crippen LogP contribution is 2.43. The molecule has 0 saturated heterocycles. The second kappa shape index (κ2) is 40.8. The van der Waals surface area contributed by atoms with Crippen LogP contribution in [0.2, 0.25) is 0 Å². The summed E-state index contributed by atoms with van der Waals surface area (Å²) in [5.41, 5.74) is 5.34. The van der Waals surface area contributed by atoms with Crippen molar-refractivity contribution in [1.29, 1.82) is 0 Å². The maximum absolute atomic E-state index is 12.5. The average Bonchev–Trinajstić information content (AvgIpc) is 3.17. The molecule has 0 fully saturated rings. The fourth-order valence-corrected chi connectivity index (χ4v) is 5.93. The maximum Gasteiger partial charge on any atom is 0.472 e. The van der Waals surface area contributed by atoms with Gasteiger partial charge in [0.15, 0.2) is 6.10 Å². The molecule has 0 bridgehead atoms. The van der Waals surface area contributed by atoms with Gasteiger partial charge in [0.1, 0.15) is 6.61 Å². The van der Waals surface area contributed by atoms with Gasteiger partial charge in [0.05, 0.1) is 13.2 Å². The van der Waals surface area contributed by atoms with Crippen LogP contribution in [0.3, 0.4) is 0 Å². The zero-order valence-electron chi connectivity index (χ0n) is 34.4. The van der Waals surface area contributed by atoms with E-state index in [1.165, 1.54) is 44.9 Å². The fraction of sp³-hybridized carbons (Fsp3) is 0.644. The van der Waals surface area contributed by atoms with E-state index in [9.17, 15) is 19.0 Å². The molecule has 1 unspecified atom stereocenters. The van der Waals surface area contributed by atoms with Crippen LogP contribution in [-0.2, 0) is 32.7 Å². The summed E-state index contributed by atoms with van der Waals surface area (Å²) in [5.74, 6) is -0.914. The van der Waals surface area contributed by atoms with Crippen LogP contribution < -0.4 is 5.73 Å². The molecule has 0 aliphatic carbocycles. The zero-order chi connectivity index (χ0) is 40.3. The summed E-state index contributed by atoms with van der Waals surface area (Å²) in [5, 5.41) is 0. The van der Waals surface area contributed by atoms with E-state index in [2.05, 4.69) is 92.8 Å². The third-order valence-corrected chi connectivity index (χ3v) is 9.25. The van der Waals surface area contributed by atoms with Crippen molar-refractivity contribution in [3.05, 3.63) is 85.1 Å².